The minimum absolute atomic E-state index is 0.0222. The summed E-state index contributed by atoms with van der Waals surface area (Å²) in [6.45, 7) is 3.48. The Kier molecular flexibility index (Phi) is 7.25. The first kappa shape index (κ1) is 24.5. The topological polar surface area (TPSA) is 111 Å². The lowest BCUT2D eigenvalue weighted by Crippen LogP contribution is -2.37. The number of ether oxygens (including phenoxy) is 2. The van der Waals surface area contributed by atoms with E-state index in [1.807, 2.05) is 25.1 Å². The Morgan fingerprint density at radius 3 is 2.71 bits per heavy atom. The van der Waals surface area contributed by atoms with E-state index in [2.05, 4.69) is 25.2 Å². The van der Waals surface area contributed by atoms with Crippen molar-refractivity contribution in [3.05, 3.63) is 76.5 Å². The second-order valence-electron chi connectivity index (χ2n) is 7.82. The molecule has 0 aliphatic heterocycles. The van der Waals surface area contributed by atoms with Gasteiger partial charge in [-0.15, -0.1) is 0 Å². The van der Waals surface area contributed by atoms with Crippen LogP contribution in [0.15, 0.2) is 48.8 Å². The second kappa shape index (κ2) is 10.3. The lowest BCUT2D eigenvalue weighted by molar-refractivity contribution is -0.153. The first-order valence-electron chi connectivity index (χ1n) is 10.7. The van der Waals surface area contributed by atoms with E-state index in [9.17, 15) is 14.3 Å². The van der Waals surface area contributed by atoms with Gasteiger partial charge in [-0.2, -0.15) is 15.0 Å². The van der Waals surface area contributed by atoms with Crippen LogP contribution in [0.1, 0.15) is 29.8 Å². The molecule has 0 aliphatic rings. The number of fused-ring (bicyclic) bond motifs is 1. The quantitative estimate of drug-likeness (QED) is 0.356. The van der Waals surface area contributed by atoms with Gasteiger partial charge in [0.2, 0.25) is 6.29 Å². The van der Waals surface area contributed by atoms with E-state index in [4.69, 9.17) is 16.3 Å². The molecular formula is C24H23ClFN5O4. The van der Waals surface area contributed by atoms with Gasteiger partial charge in [0.1, 0.15) is 23.7 Å². The molecular weight excluding hydrogens is 477 g/mol. The Bertz CT molecular complexity index is 1370. The Labute approximate surface area is 205 Å². The number of carbonyl (C=O) groups excluding carboxylic acids is 1. The van der Waals surface area contributed by atoms with E-state index in [-0.39, 0.29) is 11.6 Å². The lowest BCUT2D eigenvalue weighted by atomic mass is 10.0. The zero-order valence-corrected chi connectivity index (χ0v) is 20.0. The Hall–Kier alpha value is -3.60. The molecule has 0 fully saturated rings. The van der Waals surface area contributed by atoms with Gasteiger partial charge in [-0.1, -0.05) is 23.7 Å². The van der Waals surface area contributed by atoms with E-state index >= 15 is 0 Å². The van der Waals surface area contributed by atoms with Crippen molar-refractivity contribution in [1.82, 2.24) is 25.3 Å². The smallest absolute Gasteiger partial charge is 0.277 e. The maximum Gasteiger partial charge on any atom is 0.277 e. The number of hydrogen-bond acceptors (Lipinski definition) is 7. The Morgan fingerprint density at radius 1 is 1.26 bits per heavy atom. The summed E-state index contributed by atoms with van der Waals surface area (Å²) in [5, 5.41) is 21.5. The number of aliphatic hydroxyl groups is 1. The van der Waals surface area contributed by atoms with Crippen molar-refractivity contribution in [3.63, 3.8) is 0 Å². The average Bonchev–Trinajstić information content (AvgIpc) is 3.37. The number of amides is 1. The molecule has 4 rings (SSSR count). The Balaban J connectivity index is 1.67. The normalized spacial score (nSPS) is 13.0. The van der Waals surface area contributed by atoms with Crippen molar-refractivity contribution in [2.24, 2.45) is 0 Å². The fourth-order valence-electron chi connectivity index (χ4n) is 3.73. The van der Waals surface area contributed by atoms with Gasteiger partial charge >= 0.3 is 0 Å². The summed E-state index contributed by atoms with van der Waals surface area (Å²) in [6.07, 6.45) is 1.53. The fraction of sp³-hybridized carbons (Fsp3) is 0.250. The SMILES string of the molecule is CO[C@H](O)C(=O)N[C@@H](C)c1cc(F)cc(Cl)c1COc1cccc2c(-n3nccn3)cc(C)nc12. The third-order valence-corrected chi connectivity index (χ3v) is 5.72. The predicted octanol–water partition coefficient (Wildman–Crippen LogP) is 3.64. The second-order valence-corrected chi connectivity index (χ2v) is 8.22. The van der Waals surface area contributed by atoms with Crippen LogP contribution >= 0.6 is 11.6 Å². The molecule has 1 amide bonds. The molecule has 0 aliphatic carbocycles. The number of methoxy groups -OCH3 is 1. The van der Waals surface area contributed by atoms with Crippen LogP contribution in [0.4, 0.5) is 4.39 Å². The number of aromatic nitrogens is 4. The minimum atomic E-state index is -1.65. The van der Waals surface area contributed by atoms with Gasteiger partial charge in [-0.05, 0) is 43.7 Å². The molecule has 0 saturated heterocycles. The number of hydrogen-bond donors (Lipinski definition) is 2. The van der Waals surface area contributed by atoms with Gasteiger partial charge in [0.05, 0.1) is 29.1 Å². The zero-order chi connectivity index (χ0) is 25.1. The van der Waals surface area contributed by atoms with E-state index in [1.165, 1.54) is 24.0 Å². The van der Waals surface area contributed by atoms with Crippen LogP contribution < -0.4 is 10.1 Å². The number of aliphatic hydroxyl groups excluding tert-OH is 1. The number of nitrogens with one attached hydrogen (secondary N) is 1. The summed E-state index contributed by atoms with van der Waals surface area (Å²) in [5.41, 5.74) is 2.97. The molecule has 0 spiro atoms. The van der Waals surface area contributed by atoms with Gasteiger partial charge in [0.15, 0.2) is 0 Å². The predicted molar refractivity (Wildman–Crippen MR) is 127 cm³/mol. The van der Waals surface area contributed by atoms with Gasteiger partial charge in [0.25, 0.3) is 5.91 Å². The van der Waals surface area contributed by atoms with Crippen LogP contribution in [-0.2, 0) is 16.1 Å². The molecule has 0 radical (unpaired) electrons. The molecule has 2 N–H and O–H groups in total. The van der Waals surface area contributed by atoms with Gasteiger partial charge in [-0.3, -0.25) is 4.79 Å². The largest absolute Gasteiger partial charge is 0.487 e. The van der Waals surface area contributed by atoms with Crippen LogP contribution in [0.5, 0.6) is 5.75 Å². The molecule has 0 saturated carbocycles. The van der Waals surface area contributed by atoms with Gasteiger partial charge in [0, 0.05) is 23.8 Å². The molecule has 9 nitrogen and oxygen atoms in total. The number of carbonyl (C=O) groups is 1. The molecule has 0 bridgehead atoms. The molecule has 0 unspecified atom stereocenters. The average molecular weight is 500 g/mol. The van der Waals surface area contributed by atoms with Crippen LogP contribution in [0.25, 0.3) is 16.6 Å². The van der Waals surface area contributed by atoms with Crippen LogP contribution in [0.2, 0.25) is 5.02 Å². The maximum absolute atomic E-state index is 14.2. The van der Waals surface area contributed by atoms with E-state index in [0.29, 0.717) is 22.4 Å². The number of halogens is 2. The number of nitrogens with zero attached hydrogens (tertiary/aromatic N) is 4. The summed E-state index contributed by atoms with van der Waals surface area (Å²) in [6, 6.07) is 9.11. The number of rotatable bonds is 8. The number of benzene rings is 2. The Morgan fingerprint density at radius 2 is 2.00 bits per heavy atom. The summed E-state index contributed by atoms with van der Waals surface area (Å²) >= 11 is 6.37. The first-order chi connectivity index (χ1) is 16.8. The van der Waals surface area contributed by atoms with Gasteiger partial charge < -0.3 is 19.9 Å². The summed E-state index contributed by atoms with van der Waals surface area (Å²) in [4.78, 5) is 18.2. The third kappa shape index (κ3) is 5.24. The highest BCUT2D eigenvalue weighted by Crippen LogP contribution is 2.32. The number of pyridine rings is 1. The highest BCUT2D eigenvalue weighted by molar-refractivity contribution is 6.31. The molecule has 2 heterocycles. The summed E-state index contributed by atoms with van der Waals surface area (Å²) in [5.74, 6) is -0.848. The minimum Gasteiger partial charge on any atom is -0.487 e. The van der Waals surface area contributed by atoms with Crippen molar-refractivity contribution >= 4 is 28.4 Å². The van der Waals surface area contributed by atoms with Crippen molar-refractivity contribution in [2.45, 2.75) is 32.8 Å². The highest BCUT2D eigenvalue weighted by atomic mass is 35.5. The first-order valence-corrected chi connectivity index (χ1v) is 11.0. The van der Waals surface area contributed by atoms with Crippen LogP contribution in [-0.4, -0.2) is 44.4 Å². The highest BCUT2D eigenvalue weighted by Gasteiger charge is 2.22. The maximum atomic E-state index is 14.2. The van der Waals surface area contributed by atoms with Crippen molar-refractivity contribution in [1.29, 1.82) is 0 Å². The third-order valence-electron chi connectivity index (χ3n) is 5.38. The molecule has 35 heavy (non-hydrogen) atoms. The number of para-hydroxylation sites is 1. The van der Waals surface area contributed by atoms with Crippen LogP contribution in [0, 0.1) is 12.7 Å². The molecule has 182 valence electrons. The monoisotopic (exact) mass is 499 g/mol. The standard InChI is InChI=1S/C24H23ClFN5O4/c1-13-9-20(31-27-7-8-28-31)16-5-4-6-21(22(16)29-13)35-12-18-17(10-15(26)11-19(18)25)14(2)30-23(32)24(33)34-3/h4-11,14,24,33H,12H2,1-3H3,(H,30,32)/t14-,24-/m0/s1. The van der Waals surface area contributed by atoms with E-state index < -0.39 is 24.1 Å². The molecule has 2 aromatic heterocycles. The lowest BCUT2D eigenvalue weighted by Gasteiger charge is -2.21. The summed E-state index contributed by atoms with van der Waals surface area (Å²) in [7, 11) is 1.20. The van der Waals surface area contributed by atoms with E-state index in [1.54, 1.807) is 25.4 Å². The van der Waals surface area contributed by atoms with Crippen molar-refractivity contribution in [3.8, 4) is 11.4 Å². The molecule has 4 aromatic rings. The van der Waals surface area contributed by atoms with Crippen LogP contribution in [0.3, 0.4) is 0 Å². The molecule has 2 aromatic carbocycles. The number of aryl methyl sites for hydroxylation is 1. The summed E-state index contributed by atoms with van der Waals surface area (Å²) < 4.78 is 24.9. The van der Waals surface area contributed by atoms with Gasteiger partial charge in [-0.25, -0.2) is 9.37 Å². The molecule has 2 atom stereocenters. The fourth-order valence-corrected chi connectivity index (χ4v) is 4.00. The molecule has 11 heteroatoms. The zero-order valence-electron chi connectivity index (χ0n) is 19.2. The van der Waals surface area contributed by atoms with Crippen molar-refractivity contribution in [2.75, 3.05) is 7.11 Å². The van der Waals surface area contributed by atoms with Crippen molar-refractivity contribution < 1.29 is 23.8 Å². The van der Waals surface area contributed by atoms with E-state index in [0.717, 1.165) is 16.8 Å².